The average molecular weight is 282 g/mol. The molecule has 0 bridgehead atoms. The van der Waals surface area contributed by atoms with Gasteiger partial charge in [0, 0.05) is 11.8 Å². The third-order valence-corrected chi connectivity index (χ3v) is 3.54. The summed E-state index contributed by atoms with van der Waals surface area (Å²) in [6.45, 7) is 5.15. The molecule has 0 atom stereocenters. The lowest BCUT2D eigenvalue weighted by Crippen LogP contribution is -2.46. The predicted molar refractivity (Wildman–Crippen MR) is 70.4 cm³/mol. The van der Waals surface area contributed by atoms with Gasteiger partial charge in [0.2, 0.25) is 4.96 Å². The van der Waals surface area contributed by atoms with Gasteiger partial charge in [0.1, 0.15) is 10.5 Å². The smallest absolute Gasteiger partial charge is 0.323 e. The third kappa shape index (κ3) is 2.79. The maximum absolute atomic E-state index is 11.7. The summed E-state index contributed by atoms with van der Waals surface area (Å²) in [4.78, 5) is 27.4. The zero-order chi connectivity index (χ0) is 14.2. The highest BCUT2D eigenvalue weighted by Crippen LogP contribution is 2.12. The molecule has 2 aromatic heterocycles. The van der Waals surface area contributed by atoms with Crippen LogP contribution < -0.4 is 10.9 Å². The van der Waals surface area contributed by atoms with Crippen LogP contribution in [0.3, 0.4) is 0 Å². The van der Waals surface area contributed by atoms with Crippen LogP contribution in [0, 0.1) is 6.92 Å². The highest BCUT2D eigenvalue weighted by molar-refractivity contribution is 7.16. The summed E-state index contributed by atoms with van der Waals surface area (Å²) in [6.07, 6.45) is 0. The molecule has 0 saturated carbocycles. The van der Waals surface area contributed by atoms with Crippen LogP contribution in [0.1, 0.15) is 24.5 Å². The summed E-state index contributed by atoms with van der Waals surface area (Å²) in [5, 5.41) is 16.6. The zero-order valence-electron chi connectivity index (χ0n) is 10.8. The molecule has 102 valence electrons. The number of nitrogens with one attached hydrogen (secondary N) is 1. The number of hydrogen-bond donors (Lipinski definition) is 2. The summed E-state index contributed by atoms with van der Waals surface area (Å²) in [5.74, 6) is -0.945. The summed E-state index contributed by atoms with van der Waals surface area (Å²) in [7, 11) is 0. The van der Waals surface area contributed by atoms with Crippen molar-refractivity contribution in [1.29, 1.82) is 0 Å². The molecular weight excluding hydrogens is 268 g/mol. The first-order chi connectivity index (χ1) is 8.79. The van der Waals surface area contributed by atoms with E-state index in [0.29, 0.717) is 15.7 Å². The number of aliphatic carboxylic acids is 1. The van der Waals surface area contributed by atoms with Crippen molar-refractivity contribution in [2.24, 2.45) is 0 Å². The van der Waals surface area contributed by atoms with Crippen LogP contribution in [0.15, 0.2) is 10.9 Å². The minimum atomic E-state index is -1.05. The van der Waals surface area contributed by atoms with Gasteiger partial charge in [-0.2, -0.15) is 9.61 Å². The molecule has 2 rings (SSSR count). The van der Waals surface area contributed by atoms with Gasteiger partial charge >= 0.3 is 5.97 Å². The molecular formula is C11H14N4O3S. The fourth-order valence-electron chi connectivity index (χ4n) is 1.40. The third-order valence-electron chi connectivity index (χ3n) is 2.63. The fraction of sp³-hybridized carbons (Fsp3) is 0.455. The number of carboxylic acids is 1. The second-order valence-corrected chi connectivity index (χ2v) is 5.75. The summed E-state index contributed by atoms with van der Waals surface area (Å²) in [5.41, 5.74) is -0.645. The molecule has 0 fully saturated rings. The van der Waals surface area contributed by atoms with Gasteiger partial charge in [-0.25, -0.2) is 4.98 Å². The van der Waals surface area contributed by atoms with Crippen molar-refractivity contribution >= 4 is 22.3 Å². The molecule has 0 saturated heterocycles. The van der Waals surface area contributed by atoms with Gasteiger partial charge < -0.3 is 5.11 Å². The molecule has 0 aliphatic heterocycles. The van der Waals surface area contributed by atoms with E-state index >= 15 is 0 Å². The minimum Gasteiger partial charge on any atom is -0.480 e. The number of carboxylic acid groups (broad SMARTS) is 1. The van der Waals surface area contributed by atoms with Gasteiger partial charge in [-0.3, -0.25) is 14.9 Å². The van der Waals surface area contributed by atoms with E-state index in [1.165, 1.54) is 21.9 Å². The van der Waals surface area contributed by atoms with Crippen LogP contribution in [-0.2, 0) is 11.3 Å². The van der Waals surface area contributed by atoms with Gasteiger partial charge in [0.25, 0.3) is 5.56 Å². The maximum atomic E-state index is 11.7. The summed E-state index contributed by atoms with van der Waals surface area (Å²) >= 11 is 1.26. The lowest BCUT2D eigenvalue weighted by molar-refractivity contribution is -0.143. The average Bonchev–Trinajstić information content (AvgIpc) is 2.69. The number of aryl methyl sites for hydroxylation is 1. The Kier molecular flexibility index (Phi) is 3.38. The first kappa shape index (κ1) is 13.6. The van der Waals surface area contributed by atoms with E-state index in [0.717, 1.165) is 0 Å². The van der Waals surface area contributed by atoms with Crippen LogP contribution in [0.25, 0.3) is 4.96 Å². The number of aromatic nitrogens is 3. The van der Waals surface area contributed by atoms with Crippen molar-refractivity contribution in [1.82, 2.24) is 19.9 Å². The quantitative estimate of drug-likeness (QED) is 0.843. The first-order valence-electron chi connectivity index (χ1n) is 5.64. The molecule has 0 amide bonds. The maximum Gasteiger partial charge on any atom is 0.323 e. The Balaban J connectivity index is 2.26. The largest absolute Gasteiger partial charge is 0.480 e. The van der Waals surface area contributed by atoms with Crippen LogP contribution in [0.2, 0.25) is 0 Å². The number of hydrogen-bond acceptors (Lipinski definition) is 6. The monoisotopic (exact) mass is 282 g/mol. The number of carbonyl (C=O) groups is 1. The lowest BCUT2D eigenvalue weighted by Gasteiger charge is -2.19. The Morgan fingerprint density at radius 2 is 2.26 bits per heavy atom. The molecule has 0 unspecified atom stereocenters. The van der Waals surface area contributed by atoms with Gasteiger partial charge in [-0.1, -0.05) is 11.3 Å². The fourth-order valence-corrected chi connectivity index (χ4v) is 2.29. The molecule has 2 aromatic rings. The Bertz CT molecular complexity index is 689. The van der Waals surface area contributed by atoms with Gasteiger partial charge in [0.15, 0.2) is 0 Å². The van der Waals surface area contributed by atoms with E-state index in [9.17, 15) is 9.59 Å². The molecule has 0 radical (unpaired) electrons. The van der Waals surface area contributed by atoms with Gasteiger partial charge in [0.05, 0.1) is 6.54 Å². The number of nitrogens with zero attached hydrogens (tertiary/aromatic N) is 3. The summed E-state index contributed by atoms with van der Waals surface area (Å²) < 4.78 is 1.22. The van der Waals surface area contributed by atoms with Crippen molar-refractivity contribution in [2.45, 2.75) is 32.9 Å². The number of rotatable bonds is 4. The standard InChI is InChI=1S/C11H14N4O3S/c1-6-4-8(16)15-10(13-6)19-7(14-15)5-12-11(2,3)9(17)18/h4,12H,5H2,1-3H3,(H,17,18). The van der Waals surface area contributed by atoms with E-state index in [1.807, 2.05) is 0 Å². The summed E-state index contributed by atoms with van der Waals surface area (Å²) in [6, 6.07) is 1.41. The van der Waals surface area contributed by atoms with Crippen molar-refractivity contribution in [3.05, 3.63) is 27.1 Å². The first-order valence-corrected chi connectivity index (χ1v) is 6.46. The van der Waals surface area contributed by atoms with Crippen molar-refractivity contribution in [2.75, 3.05) is 0 Å². The molecule has 8 heteroatoms. The molecule has 0 aliphatic carbocycles. The predicted octanol–water partition coefficient (Wildman–Crippen LogP) is 0.412. The topological polar surface area (TPSA) is 96.6 Å². The molecule has 19 heavy (non-hydrogen) atoms. The molecule has 2 N–H and O–H groups in total. The highest BCUT2D eigenvalue weighted by atomic mass is 32.1. The number of fused-ring (bicyclic) bond motifs is 1. The Morgan fingerprint density at radius 1 is 1.58 bits per heavy atom. The van der Waals surface area contributed by atoms with Gasteiger partial charge in [-0.05, 0) is 20.8 Å². The van der Waals surface area contributed by atoms with Crippen molar-refractivity contribution in [3.8, 4) is 0 Å². The highest BCUT2D eigenvalue weighted by Gasteiger charge is 2.26. The van der Waals surface area contributed by atoms with Crippen molar-refractivity contribution in [3.63, 3.8) is 0 Å². The molecule has 0 spiro atoms. The lowest BCUT2D eigenvalue weighted by atomic mass is 10.1. The Hall–Kier alpha value is -1.80. The Labute approximate surface area is 112 Å². The van der Waals surface area contributed by atoms with Gasteiger partial charge in [-0.15, -0.1) is 0 Å². The van der Waals surface area contributed by atoms with E-state index in [2.05, 4.69) is 15.4 Å². The van der Waals surface area contributed by atoms with Crippen molar-refractivity contribution < 1.29 is 9.90 Å². The van der Waals surface area contributed by atoms with Crippen LogP contribution in [0.4, 0.5) is 0 Å². The van der Waals surface area contributed by atoms with E-state index in [-0.39, 0.29) is 12.1 Å². The molecule has 7 nitrogen and oxygen atoms in total. The van der Waals surface area contributed by atoms with Crippen LogP contribution in [-0.4, -0.2) is 31.2 Å². The molecule has 0 aromatic carbocycles. The van der Waals surface area contributed by atoms with Crippen LogP contribution >= 0.6 is 11.3 Å². The molecule has 2 heterocycles. The van der Waals surface area contributed by atoms with Crippen LogP contribution in [0.5, 0.6) is 0 Å². The SMILES string of the molecule is Cc1cc(=O)n2nc(CNC(C)(C)C(=O)O)sc2n1. The minimum absolute atomic E-state index is 0.234. The second kappa shape index (κ2) is 4.71. The normalized spacial score (nSPS) is 11.9. The second-order valence-electron chi connectivity index (χ2n) is 4.71. The zero-order valence-corrected chi connectivity index (χ0v) is 11.6. The van der Waals surface area contributed by atoms with E-state index in [4.69, 9.17) is 5.11 Å². The Morgan fingerprint density at radius 3 is 2.89 bits per heavy atom. The van der Waals surface area contributed by atoms with E-state index < -0.39 is 11.5 Å². The molecule has 0 aliphatic rings. The van der Waals surface area contributed by atoms with E-state index in [1.54, 1.807) is 20.8 Å².